The monoisotopic (exact) mass is 338 g/mol. The van der Waals surface area contributed by atoms with Crippen LogP contribution in [0.3, 0.4) is 0 Å². The second kappa shape index (κ2) is 8.33. The van der Waals surface area contributed by atoms with Gasteiger partial charge in [-0.25, -0.2) is 4.79 Å². The molecule has 0 aliphatic heterocycles. The average molecular weight is 338 g/mol. The van der Waals surface area contributed by atoms with E-state index in [0.29, 0.717) is 0 Å². The highest BCUT2D eigenvalue weighted by atomic mass is 16.5. The second-order valence-electron chi connectivity index (χ2n) is 6.11. The van der Waals surface area contributed by atoms with E-state index in [1.807, 2.05) is 42.5 Å². The van der Waals surface area contributed by atoms with Crippen LogP contribution < -0.4 is 10.6 Å². The van der Waals surface area contributed by atoms with E-state index in [-0.39, 0.29) is 19.1 Å². The number of hydrogen-bond acceptors (Lipinski definition) is 3. The van der Waals surface area contributed by atoms with E-state index in [2.05, 4.69) is 16.7 Å². The Kier molecular flexibility index (Phi) is 5.67. The summed E-state index contributed by atoms with van der Waals surface area (Å²) in [6.45, 7) is 0.0672. The highest BCUT2D eigenvalue weighted by Gasteiger charge is 2.14. The van der Waals surface area contributed by atoms with Crippen molar-refractivity contribution in [3.8, 4) is 0 Å². The molecule has 2 aromatic rings. The number of benzene rings is 2. The summed E-state index contributed by atoms with van der Waals surface area (Å²) in [5.74, 6) is -0.254. The zero-order chi connectivity index (χ0) is 17.5. The molecule has 1 aliphatic carbocycles. The fourth-order valence-corrected chi connectivity index (χ4v) is 3.02. The van der Waals surface area contributed by atoms with Crippen LogP contribution in [-0.2, 0) is 29.0 Å². The number of hydrogen-bond donors (Lipinski definition) is 2. The molecule has 5 nitrogen and oxygen atoms in total. The second-order valence-corrected chi connectivity index (χ2v) is 6.11. The predicted molar refractivity (Wildman–Crippen MR) is 96.3 cm³/mol. The van der Waals surface area contributed by atoms with Crippen LogP contribution in [0.5, 0.6) is 0 Å². The summed E-state index contributed by atoms with van der Waals surface area (Å²) in [7, 11) is 0. The molecule has 3 rings (SSSR count). The normalized spacial score (nSPS) is 12.8. The Morgan fingerprint density at radius 1 is 0.960 bits per heavy atom. The Bertz CT molecular complexity index is 744. The number of anilines is 1. The van der Waals surface area contributed by atoms with Crippen molar-refractivity contribution in [2.75, 3.05) is 11.9 Å². The van der Waals surface area contributed by atoms with Gasteiger partial charge in [-0.1, -0.05) is 42.5 Å². The smallest absolute Gasteiger partial charge is 0.407 e. The van der Waals surface area contributed by atoms with E-state index in [0.717, 1.165) is 30.5 Å². The van der Waals surface area contributed by atoms with Crippen LogP contribution >= 0.6 is 0 Å². The third-order valence-electron chi connectivity index (χ3n) is 4.28. The number of carbonyl (C=O) groups is 2. The first-order valence-corrected chi connectivity index (χ1v) is 8.57. The lowest BCUT2D eigenvalue weighted by atomic mass is 9.90. The van der Waals surface area contributed by atoms with Crippen molar-refractivity contribution in [2.45, 2.75) is 32.3 Å². The minimum Gasteiger partial charge on any atom is -0.445 e. The molecule has 25 heavy (non-hydrogen) atoms. The molecule has 2 aromatic carbocycles. The lowest BCUT2D eigenvalue weighted by Crippen LogP contribution is -2.33. The molecule has 0 fully saturated rings. The summed E-state index contributed by atoms with van der Waals surface area (Å²) in [6.07, 6.45) is 3.78. The van der Waals surface area contributed by atoms with Gasteiger partial charge in [-0.2, -0.15) is 0 Å². The first kappa shape index (κ1) is 17.0. The van der Waals surface area contributed by atoms with Gasteiger partial charge in [0.2, 0.25) is 5.91 Å². The van der Waals surface area contributed by atoms with Gasteiger partial charge in [-0.15, -0.1) is 0 Å². The highest BCUT2D eigenvalue weighted by molar-refractivity contribution is 5.94. The Hall–Kier alpha value is -2.82. The molecule has 0 radical (unpaired) electrons. The standard InChI is InChI=1S/C20H22N2O3/c23-19(13-21-20(24)25-14-15-7-2-1-3-8-15)22-18-12-6-10-16-9-4-5-11-17(16)18/h1-3,6-8,10,12H,4-5,9,11,13-14H2,(H,21,24)(H,22,23). The fraction of sp³-hybridized carbons (Fsp3) is 0.300. The summed E-state index contributed by atoms with van der Waals surface area (Å²) in [4.78, 5) is 23.8. The van der Waals surface area contributed by atoms with Crippen LogP contribution in [0.2, 0.25) is 0 Å². The number of nitrogens with one attached hydrogen (secondary N) is 2. The summed E-state index contributed by atoms with van der Waals surface area (Å²) in [5.41, 5.74) is 4.27. The number of fused-ring (bicyclic) bond motifs is 1. The fourth-order valence-electron chi connectivity index (χ4n) is 3.02. The molecule has 0 bridgehead atoms. The zero-order valence-corrected chi connectivity index (χ0v) is 14.1. The van der Waals surface area contributed by atoms with E-state index >= 15 is 0 Å². The van der Waals surface area contributed by atoms with Gasteiger partial charge < -0.3 is 15.4 Å². The summed E-state index contributed by atoms with van der Waals surface area (Å²) < 4.78 is 5.09. The van der Waals surface area contributed by atoms with Crippen molar-refractivity contribution in [1.29, 1.82) is 0 Å². The molecular weight excluding hydrogens is 316 g/mol. The molecule has 0 unspecified atom stereocenters. The van der Waals surface area contributed by atoms with E-state index in [1.165, 1.54) is 17.5 Å². The summed E-state index contributed by atoms with van der Waals surface area (Å²) in [5, 5.41) is 5.37. The molecule has 0 atom stereocenters. The molecule has 0 spiro atoms. The van der Waals surface area contributed by atoms with Crippen LogP contribution in [0.1, 0.15) is 29.5 Å². The van der Waals surface area contributed by atoms with Gasteiger partial charge in [-0.05, 0) is 48.4 Å². The van der Waals surface area contributed by atoms with Crippen molar-refractivity contribution in [3.63, 3.8) is 0 Å². The maximum absolute atomic E-state index is 12.1. The van der Waals surface area contributed by atoms with Crippen LogP contribution in [0.4, 0.5) is 10.5 Å². The van der Waals surface area contributed by atoms with Gasteiger partial charge in [0.15, 0.2) is 0 Å². The maximum atomic E-state index is 12.1. The average Bonchev–Trinajstić information content (AvgIpc) is 2.66. The zero-order valence-electron chi connectivity index (χ0n) is 14.1. The van der Waals surface area contributed by atoms with Gasteiger partial charge in [0.1, 0.15) is 13.2 Å². The molecule has 130 valence electrons. The Morgan fingerprint density at radius 3 is 2.60 bits per heavy atom. The number of alkyl carbamates (subject to hydrolysis) is 1. The maximum Gasteiger partial charge on any atom is 0.407 e. The van der Waals surface area contributed by atoms with Gasteiger partial charge in [0.05, 0.1) is 0 Å². The first-order valence-electron chi connectivity index (χ1n) is 8.57. The number of aryl methyl sites for hydroxylation is 1. The lowest BCUT2D eigenvalue weighted by molar-refractivity contribution is -0.115. The molecule has 0 aromatic heterocycles. The van der Waals surface area contributed by atoms with Gasteiger partial charge in [-0.3, -0.25) is 4.79 Å². The van der Waals surface area contributed by atoms with Crippen molar-refractivity contribution in [3.05, 3.63) is 65.2 Å². The SMILES string of the molecule is O=C(CNC(=O)OCc1ccccc1)Nc1cccc2c1CCCC2. The van der Waals surface area contributed by atoms with Gasteiger partial charge >= 0.3 is 6.09 Å². The van der Waals surface area contributed by atoms with Crippen LogP contribution in [0, 0.1) is 0 Å². The van der Waals surface area contributed by atoms with E-state index < -0.39 is 6.09 Å². The molecule has 1 aliphatic rings. The molecular formula is C20H22N2O3. The van der Waals surface area contributed by atoms with E-state index in [1.54, 1.807) is 0 Å². The minimum absolute atomic E-state index is 0.114. The molecule has 2 amide bonds. The number of ether oxygens (including phenoxy) is 1. The Morgan fingerprint density at radius 2 is 1.76 bits per heavy atom. The molecule has 5 heteroatoms. The first-order chi connectivity index (χ1) is 12.2. The van der Waals surface area contributed by atoms with Crippen molar-refractivity contribution in [2.24, 2.45) is 0 Å². The molecule has 0 saturated heterocycles. The summed E-state index contributed by atoms with van der Waals surface area (Å²) in [6, 6.07) is 15.4. The van der Waals surface area contributed by atoms with Crippen LogP contribution in [0.15, 0.2) is 48.5 Å². The number of rotatable bonds is 5. The molecule has 2 N–H and O–H groups in total. The lowest BCUT2D eigenvalue weighted by Gasteiger charge is -2.19. The van der Waals surface area contributed by atoms with E-state index in [4.69, 9.17) is 4.74 Å². The van der Waals surface area contributed by atoms with Crippen molar-refractivity contribution >= 4 is 17.7 Å². The topological polar surface area (TPSA) is 67.4 Å². The minimum atomic E-state index is -0.603. The third kappa shape index (κ3) is 4.83. The summed E-state index contributed by atoms with van der Waals surface area (Å²) >= 11 is 0. The highest BCUT2D eigenvalue weighted by Crippen LogP contribution is 2.27. The van der Waals surface area contributed by atoms with Crippen LogP contribution in [-0.4, -0.2) is 18.5 Å². The number of amides is 2. The van der Waals surface area contributed by atoms with E-state index in [9.17, 15) is 9.59 Å². The predicted octanol–water partition coefficient (Wildman–Crippen LogP) is 3.43. The molecule has 0 saturated carbocycles. The van der Waals surface area contributed by atoms with Gasteiger partial charge in [0.25, 0.3) is 0 Å². The van der Waals surface area contributed by atoms with Crippen LogP contribution in [0.25, 0.3) is 0 Å². The quantitative estimate of drug-likeness (QED) is 0.878. The molecule has 0 heterocycles. The Balaban J connectivity index is 1.46. The Labute approximate surface area is 147 Å². The largest absolute Gasteiger partial charge is 0.445 e. The third-order valence-corrected chi connectivity index (χ3v) is 4.28. The van der Waals surface area contributed by atoms with Crippen molar-refractivity contribution in [1.82, 2.24) is 5.32 Å². The van der Waals surface area contributed by atoms with Gasteiger partial charge in [0, 0.05) is 5.69 Å². The van der Waals surface area contributed by atoms with Crippen molar-refractivity contribution < 1.29 is 14.3 Å². The number of carbonyl (C=O) groups excluding carboxylic acids is 2.